The summed E-state index contributed by atoms with van der Waals surface area (Å²) in [4.78, 5) is 27.3. The van der Waals surface area contributed by atoms with Gasteiger partial charge in [-0.3, -0.25) is 4.79 Å². The Kier molecular flexibility index (Phi) is 5.62. The summed E-state index contributed by atoms with van der Waals surface area (Å²) < 4.78 is 24.5. The van der Waals surface area contributed by atoms with Crippen molar-refractivity contribution in [2.45, 2.75) is 0 Å². The molecule has 0 unspecified atom stereocenters. The number of benzene rings is 4. The van der Waals surface area contributed by atoms with E-state index in [4.69, 9.17) is 9.47 Å². The van der Waals surface area contributed by atoms with Gasteiger partial charge in [0.05, 0.1) is 16.9 Å². The van der Waals surface area contributed by atoms with Crippen LogP contribution in [0.2, 0.25) is 0 Å². The summed E-state index contributed by atoms with van der Waals surface area (Å²) in [5.74, 6) is -0.0330. The molecule has 4 aromatic carbocycles. The predicted molar refractivity (Wildman–Crippen MR) is 127 cm³/mol. The van der Waals surface area contributed by atoms with Crippen LogP contribution in [0.25, 0.3) is 6.08 Å². The van der Waals surface area contributed by atoms with Crippen molar-refractivity contribution >= 4 is 29.3 Å². The number of ketones is 1. The van der Waals surface area contributed by atoms with E-state index in [9.17, 15) is 14.0 Å². The summed E-state index contributed by atoms with van der Waals surface area (Å²) in [6, 6.07) is 28.6. The fourth-order valence-corrected chi connectivity index (χ4v) is 3.60. The van der Waals surface area contributed by atoms with Crippen molar-refractivity contribution in [2.75, 3.05) is 4.90 Å². The van der Waals surface area contributed by atoms with Crippen LogP contribution in [0.15, 0.2) is 109 Å². The Labute approximate surface area is 195 Å². The minimum Gasteiger partial charge on any atom is -0.452 e. The van der Waals surface area contributed by atoms with E-state index < -0.39 is 6.09 Å². The van der Waals surface area contributed by atoms with Gasteiger partial charge in [-0.1, -0.05) is 48.5 Å². The number of carbonyl (C=O) groups excluding carboxylic acids is 2. The van der Waals surface area contributed by atoms with Crippen molar-refractivity contribution < 1.29 is 23.5 Å². The maximum Gasteiger partial charge on any atom is 0.424 e. The Morgan fingerprint density at radius 2 is 1.44 bits per heavy atom. The smallest absolute Gasteiger partial charge is 0.424 e. The molecule has 0 radical (unpaired) electrons. The molecule has 34 heavy (non-hydrogen) atoms. The highest BCUT2D eigenvalue weighted by atomic mass is 19.1. The first kappa shape index (κ1) is 21.2. The third-order valence-electron chi connectivity index (χ3n) is 5.23. The molecule has 0 saturated heterocycles. The topological polar surface area (TPSA) is 55.8 Å². The van der Waals surface area contributed by atoms with Gasteiger partial charge in [0.15, 0.2) is 5.76 Å². The van der Waals surface area contributed by atoms with Crippen LogP contribution in [0.5, 0.6) is 11.5 Å². The van der Waals surface area contributed by atoms with Gasteiger partial charge < -0.3 is 9.47 Å². The fourth-order valence-electron chi connectivity index (χ4n) is 3.60. The van der Waals surface area contributed by atoms with Crippen molar-refractivity contribution in [3.05, 3.63) is 126 Å². The molecule has 0 N–H and O–H groups in total. The largest absolute Gasteiger partial charge is 0.452 e. The monoisotopic (exact) mass is 451 g/mol. The molecule has 0 atom stereocenters. The number of fused-ring (bicyclic) bond motifs is 1. The minimum atomic E-state index is -0.608. The number of halogens is 1. The lowest BCUT2D eigenvalue weighted by Crippen LogP contribution is -2.29. The van der Waals surface area contributed by atoms with E-state index >= 15 is 0 Å². The average Bonchev–Trinajstić information content (AvgIpc) is 3.16. The zero-order chi connectivity index (χ0) is 23.5. The van der Waals surface area contributed by atoms with Crippen LogP contribution >= 0.6 is 0 Å². The summed E-state index contributed by atoms with van der Waals surface area (Å²) in [6.45, 7) is 0. The summed E-state index contributed by atoms with van der Waals surface area (Å²) in [6.07, 6.45) is 0.934. The number of nitrogens with zero attached hydrogens (tertiary/aromatic N) is 1. The van der Waals surface area contributed by atoms with Crippen LogP contribution in [0, 0.1) is 5.82 Å². The average molecular weight is 451 g/mol. The van der Waals surface area contributed by atoms with Crippen molar-refractivity contribution in [3.63, 3.8) is 0 Å². The van der Waals surface area contributed by atoms with E-state index in [2.05, 4.69) is 0 Å². The van der Waals surface area contributed by atoms with Gasteiger partial charge in [-0.05, 0) is 60.2 Å². The molecule has 0 bridgehead atoms. The molecule has 1 aliphatic heterocycles. The maximum absolute atomic E-state index is 13.2. The summed E-state index contributed by atoms with van der Waals surface area (Å²) in [5.41, 5.74) is 2.29. The van der Waals surface area contributed by atoms with Crippen LogP contribution < -0.4 is 14.4 Å². The highest BCUT2D eigenvalue weighted by Gasteiger charge is 2.28. The number of hydrogen-bond donors (Lipinski definition) is 0. The first-order valence-corrected chi connectivity index (χ1v) is 10.5. The number of amides is 1. The SMILES string of the molecule is O=C1C(=Cc2ccc(F)cc2)Oc2cc(OC(=O)N(c3ccccc3)c3ccccc3)ccc21. The van der Waals surface area contributed by atoms with E-state index in [-0.39, 0.29) is 28.9 Å². The first-order valence-electron chi connectivity index (χ1n) is 10.5. The molecule has 0 aromatic heterocycles. The van der Waals surface area contributed by atoms with Crippen molar-refractivity contribution in [3.8, 4) is 11.5 Å². The molecule has 5 rings (SSSR count). The van der Waals surface area contributed by atoms with Crippen molar-refractivity contribution in [1.82, 2.24) is 0 Å². The van der Waals surface area contributed by atoms with Gasteiger partial charge >= 0.3 is 6.09 Å². The van der Waals surface area contributed by atoms with Crippen molar-refractivity contribution in [2.24, 2.45) is 0 Å². The Morgan fingerprint density at radius 1 is 0.824 bits per heavy atom. The van der Waals surface area contributed by atoms with Crippen LogP contribution in [-0.4, -0.2) is 11.9 Å². The number of hydrogen-bond acceptors (Lipinski definition) is 4. The van der Waals surface area contributed by atoms with Gasteiger partial charge in [0.1, 0.15) is 17.3 Å². The van der Waals surface area contributed by atoms with Gasteiger partial charge in [-0.15, -0.1) is 0 Å². The molecule has 166 valence electrons. The van der Waals surface area contributed by atoms with Gasteiger partial charge in [-0.2, -0.15) is 0 Å². The lowest BCUT2D eigenvalue weighted by atomic mass is 10.1. The zero-order valence-corrected chi connectivity index (χ0v) is 17.9. The van der Waals surface area contributed by atoms with Gasteiger partial charge in [0, 0.05) is 6.07 Å². The Balaban J connectivity index is 1.40. The zero-order valence-electron chi connectivity index (χ0n) is 17.9. The van der Waals surface area contributed by atoms with E-state index in [1.807, 2.05) is 60.7 Å². The molecule has 5 nitrogen and oxygen atoms in total. The van der Waals surface area contributed by atoms with Crippen molar-refractivity contribution in [1.29, 1.82) is 0 Å². The lowest BCUT2D eigenvalue weighted by molar-refractivity contribution is 0.101. The second-order valence-electron chi connectivity index (χ2n) is 7.52. The normalized spacial score (nSPS) is 13.3. The molecule has 0 aliphatic carbocycles. The fraction of sp³-hybridized carbons (Fsp3) is 0. The molecule has 0 saturated carbocycles. The van der Waals surface area contributed by atoms with Gasteiger partial charge in [0.2, 0.25) is 5.78 Å². The molecule has 4 aromatic rings. The standard InChI is InChI=1S/C28H18FNO4/c29-20-13-11-19(12-14-20)17-26-27(31)24-16-15-23(18-25(24)34-26)33-28(32)30(21-7-3-1-4-8-21)22-9-5-2-6-10-22/h1-18H. The van der Waals surface area contributed by atoms with E-state index in [1.54, 1.807) is 30.3 Å². The number of anilines is 2. The quantitative estimate of drug-likeness (QED) is 0.321. The second kappa shape index (κ2) is 9.03. The van der Waals surface area contributed by atoms with E-state index in [0.717, 1.165) is 0 Å². The molecular weight excluding hydrogens is 433 g/mol. The van der Waals surface area contributed by atoms with Crippen LogP contribution in [-0.2, 0) is 0 Å². The molecule has 1 heterocycles. The number of Topliss-reactive ketones (excluding diaryl/α,β-unsaturated/α-hetero) is 1. The first-order chi connectivity index (χ1) is 16.6. The van der Waals surface area contributed by atoms with E-state index in [1.165, 1.54) is 23.1 Å². The molecule has 0 fully saturated rings. The molecule has 1 amide bonds. The number of carbonyl (C=O) groups is 2. The summed E-state index contributed by atoms with van der Waals surface area (Å²) >= 11 is 0. The minimum absolute atomic E-state index is 0.111. The van der Waals surface area contributed by atoms with Crippen LogP contribution in [0.1, 0.15) is 15.9 Å². The molecule has 1 aliphatic rings. The number of ether oxygens (including phenoxy) is 2. The highest BCUT2D eigenvalue weighted by Crippen LogP contribution is 2.35. The number of para-hydroxylation sites is 2. The molecule has 0 spiro atoms. The van der Waals surface area contributed by atoms with Gasteiger partial charge in [-0.25, -0.2) is 14.1 Å². The Morgan fingerprint density at radius 3 is 2.06 bits per heavy atom. The van der Waals surface area contributed by atoms with Crippen LogP contribution in [0.4, 0.5) is 20.6 Å². The third kappa shape index (κ3) is 4.29. The molecular formula is C28H18FNO4. The van der Waals surface area contributed by atoms with Crippen LogP contribution in [0.3, 0.4) is 0 Å². The highest BCUT2D eigenvalue weighted by molar-refractivity contribution is 6.14. The number of allylic oxidation sites excluding steroid dienone is 1. The van der Waals surface area contributed by atoms with Gasteiger partial charge in [0.25, 0.3) is 0 Å². The summed E-state index contributed by atoms with van der Waals surface area (Å²) in [5, 5.41) is 0. The number of rotatable bonds is 4. The Hall–Kier alpha value is -4.71. The summed E-state index contributed by atoms with van der Waals surface area (Å²) in [7, 11) is 0. The Bertz CT molecular complexity index is 1340. The predicted octanol–water partition coefficient (Wildman–Crippen LogP) is 6.78. The maximum atomic E-state index is 13.2. The second-order valence-corrected chi connectivity index (χ2v) is 7.52. The van der Waals surface area contributed by atoms with E-state index in [0.29, 0.717) is 22.5 Å². The molecule has 6 heteroatoms. The third-order valence-corrected chi connectivity index (χ3v) is 5.23. The lowest BCUT2D eigenvalue weighted by Gasteiger charge is -2.22.